The van der Waals surface area contributed by atoms with Crippen molar-refractivity contribution in [3.63, 3.8) is 0 Å². The molecule has 0 radical (unpaired) electrons. The Kier molecular flexibility index (Phi) is 0.980. The third-order valence-corrected chi connectivity index (χ3v) is 1.35. The van der Waals surface area contributed by atoms with E-state index >= 15 is 0 Å². The summed E-state index contributed by atoms with van der Waals surface area (Å²) in [6, 6.07) is 0. The molecule has 0 unspecified atom stereocenters. The van der Waals surface area contributed by atoms with Gasteiger partial charge in [-0.2, -0.15) is 0 Å². The van der Waals surface area contributed by atoms with Crippen LogP contribution in [0.4, 0.5) is 0 Å². The van der Waals surface area contributed by atoms with E-state index in [1.807, 2.05) is 13.1 Å². The Labute approximate surface area is 45.4 Å². The highest BCUT2D eigenvalue weighted by Crippen LogP contribution is 1.75. The molecule has 1 rings (SSSR count). The monoisotopic (exact) mass is 112 g/mol. The van der Waals surface area contributed by atoms with Crippen molar-refractivity contribution in [2.24, 2.45) is 0 Å². The molecule has 3 heteroatoms. The highest BCUT2D eigenvalue weighted by molar-refractivity contribution is 6.30. The molecule has 2 nitrogen and oxygen atoms in total. The molecule has 38 valence electrons. The molecule has 0 aliphatic heterocycles. The number of hydrogen-bond acceptors (Lipinski definition) is 1. The lowest BCUT2D eigenvalue weighted by atomic mass is 10.8. The molecular weight excluding hydrogens is 104 g/mol. The lowest BCUT2D eigenvalue weighted by molar-refractivity contribution is 1.16. The zero-order valence-electron chi connectivity index (χ0n) is 4.52. The molecule has 0 bridgehead atoms. The first kappa shape index (κ1) is 4.58. The highest BCUT2D eigenvalue weighted by atomic mass is 28.1. The second kappa shape index (κ2) is 1.50. The van der Waals surface area contributed by atoms with Crippen LogP contribution < -0.4 is 5.32 Å². The van der Waals surface area contributed by atoms with E-state index in [0.717, 1.165) is 16.1 Å². The topological polar surface area (TPSA) is 28.7 Å². The molecule has 0 aliphatic carbocycles. The fraction of sp³-hybridized carbons (Fsp3) is 0.250. The van der Waals surface area contributed by atoms with Crippen molar-refractivity contribution in [1.82, 2.24) is 9.97 Å². The zero-order valence-corrected chi connectivity index (χ0v) is 6.52. The molecule has 0 aliphatic rings. The Morgan fingerprint density at radius 1 is 1.86 bits per heavy atom. The normalized spacial score (nSPS) is 9.86. The van der Waals surface area contributed by atoms with Crippen LogP contribution in [-0.2, 0) is 0 Å². The van der Waals surface area contributed by atoms with Gasteiger partial charge in [0.05, 0.1) is 10.2 Å². The van der Waals surface area contributed by atoms with E-state index in [1.54, 1.807) is 0 Å². The summed E-state index contributed by atoms with van der Waals surface area (Å²) in [5.74, 6) is 1.02. The van der Waals surface area contributed by atoms with Crippen molar-refractivity contribution in [1.29, 1.82) is 0 Å². The molecule has 0 saturated carbocycles. The fourth-order valence-corrected chi connectivity index (χ4v) is 1.02. The second-order valence-electron chi connectivity index (χ2n) is 1.63. The van der Waals surface area contributed by atoms with E-state index < -0.39 is 0 Å². The summed E-state index contributed by atoms with van der Waals surface area (Å²) >= 11 is 0. The number of aromatic nitrogens is 2. The van der Waals surface area contributed by atoms with Crippen molar-refractivity contribution < 1.29 is 0 Å². The molecule has 0 spiro atoms. The number of H-pyrrole nitrogens is 1. The summed E-state index contributed by atoms with van der Waals surface area (Å²) in [5.41, 5.74) is 0. The van der Waals surface area contributed by atoms with Gasteiger partial charge in [0.1, 0.15) is 5.82 Å². The minimum Gasteiger partial charge on any atom is -0.349 e. The number of rotatable bonds is 0. The lowest BCUT2D eigenvalue weighted by Crippen LogP contribution is -2.00. The van der Waals surface area contributed by atoms with Gasteiger partial charge in [0.25, 0.3) is 0 Å². The molecule has 0 fully saturated rings. The van der Waals surface area contributed by atoms with Crippen LogP contribution in [0.15, 0.2) is 6.20 Å². The average Bonchev–Trinajstić information content (AvgIpc) is 1.87. The predicted octanol–water partition coefficient (Wildman–Crippen LogP) is -1.29. The summed E-state index contributed by atoms with van der Waals surface area (Å²) < 4.78 is 0. The number of hydrogen-bond donors (Lipinski definition) is 1. The van der Waals surface area contributed by atoms with E-state index in [2.05, 4.69) is 9.97 Å². The molecule has 1 aromatic heterocycles. The van der Waals surface area contributed by atoms with Crippen molar-refractivity contribution >= 4 is 15.6 Å². The van der Waals surface area contributed by atoms with Gasteiger partial charge in [0.2, 0.25) is 0 Å². The van der Waals surface area contributed by atoms with Gasteiger partial charge in [-0.3, -0.25) is 0 Å². The largest absolute Gasteiger partial charge is 0.349 e. The smallest absolute Gasteiger partial charge is 0.102 e. The fourth-order valence-electron chi connectivity index (χ4n) is 0.538. The van der Waals surface area contributed by atoms with Crippen molar-refractivity contribution in [2.75, 3.05) is 0 Å². The van der Waals surface area contributed by atoms with Crippen LogP contribution in [-0.4, -0.2) is 20.2 Å². The quantitative estimate of drug-likeness (QED) is 0.416. The van der Waals surface area contributed by atoms with Gasteiger partial charge in [0.15, 0.2) is 0 Å². The Morgan fingerprint density at radius 2 is 2.57 bits per heavy atom. The number of aryl methyl sites for hydroxylation is 1. The van der Waals surface area contributed by atoms with Crippen LogP contribution in [0.5, 0.6) is 0 Å². The first-order chi connectivity index (χ1) is 3.29. The van der Waals surface area contributed by atoms with E-state index in [1.165, 1.54) is 5.32 Å². The first-order valence-electron chi connectivity index (χ1n) is 2.27. The van der Waals surface area contributed by atoms with Crippen LogP contribution in [0, 0.1) is 6.92 Å². The van der Waals surface area contributed by atoms with E-state index in [0.29, 0.717) is 0 Å². The summed E-state index contributed by atoms with van der Waals surface area (Å²) in [6.45, 7) is 1.96. The second-order valence-corrected chi connectivity index (χ2v) is 2.65. The summed E-state index contributed by atoms with van der Waals surface area (Å²) in [7, 11) is 1.05. The average molecular weight is 112 g/mol. The van der Waals surface area contributed by atoms with Gasteiger partial charge in [-0.1, -0.05) is 0 Å². The minimum atomic E-state index is 1.02. The molecular formula is C4H8N2Si. The number of imidazole rings is 1. The van der Waals surface area contributed by atoms with Crippen LogP contribution in [0.2, 0.25) is 0 Å². The Bertz CT molecular complexity index is 142. The van der Waals surface area contributed by atoms with Crippen LogP contribution in [0.3, 0.4) is 0 Å². The molecule has 0 saturated heterocycles. The summed E-state index contributed by atoms with van der Waals surface area (Å²) in [4.78, 5) is 7.11. The Balaban J connectivity index is 3.04. The minimum absolute atomic E-state index is 1.02. The molecule has 7 heavy (non-hydrogen) atoms. The molecule has 1 heterocycles. The SMILES string of the molecule is Cc1nc([SiH3])c[nH]1. The highest BCUT2D eigenvalue weighted by Gasteiger charge is 1.84. The Morgan fingerprint density at radius 3 is 2.71 bits per heavy atom. The van der Waals surface area contributed by atoms with Crippen LogP contribution >= 0.6 is 0 Å². The molecule has 1 aromatic rings. The van der Waals surface area contributed by atoms with Crippen LogP contribution in [0.1, 0.15) is 5.82 Å². The van der Waals surface area contributed by atoms with Gasteiger partial charge in [-0.15, -0.1) is 0 Å². The lowest BCUT2D eigenvalue weighted by Gasteiger charge is -1.71. The van der Waals surface area contributed by atoms with Crippen molar-refractivity contribution in [3.05, 3.63) is 12.0 Å². The number of nitrogens with zero attached hydrogens (tertiary/aromatic N) is 1. The standard InChI is InChI=1S/C4H8N2Si/c1-3-5-2-4(7)6-3/h2H,1,7H3,(H,5,6). The molecule has 0 atom stereocenters. The van der Waals surface area contributed by atoms with Gasteiger partial charge in [-0.25, -0.2) is 4.98 Å². The Hall–Kier alpha value is -0.573. The summed E-state index contributed by atoms with van der Waals surface area (Å²) in [6.07, 6.45) is 1.95. The van der Waals surface area contributed by atoms with Gasteiger partial charge in [0, 0.05) is 11.5 Å². The third kappa shape index (κ3) is 0.897. The third-order valence-electron chi connectivity index (χ3n) is 0.834. The maximum absolute atomic E-state index is 4.12. The summed E-state index contributed by atoms with van der Waals surface area (Å²) in [5, 5.41) is 1.19. The molecule has 0 aromatic carbocycles. The zero-order chi connectivity index (χ0) is 5.28. The van der Waals surface area contributed by atoms with Crippen molar-refractivity contribution in [3.8, 4) is 0 Å². The van der Waals surface area contributed by atoms with Gasteiger partial charge < -0.3 is 4.98 Å². The van der Waals surface area contributed by atoms with Crippen LogP contribution in [0.25, 0.3) is 0 Å². The maximum atomic E-state index is 4.12. The molecule has 1 N–H and O–H groups in total. The van der Waals surface area contributed by atoms with Crippen molar-refractivity contribution in [2.45, 2.75) is 6.92 Å². The molecule has 0 amide bonds. The van der Waals surface area contributed by atoms with Gasteiger partial charge >= 0.3 is 0 Å². The van der Waals surface area contributed by atoms with E-state index in [9.17, 15) is 0 Å². The maximum Gasteiger partial charge on any atom is 0.102 e. The van der Waals surface area contributed by atoms with E-state index in [4.69, 9.17) is 0 Å². The van der Waals surface area contributed by atoms with E-state index in [-0.39, 0.29) is 0 Å². The first-order valence-corrected chi connectivity index (χ1v) is 3.27. The number of nitrogens with one attached hydrogen (secondary N) is 1. The number of aromatic amines is 1. The predicted molar refractivity (Wildman–Crippen MR) is 32.9 cm³/mol. The van der Waals surface area contributed by atoms with Gasteiger partial charge in [-0.05, 0) is 6.92 Å².